The first-order valence-corrected chi connectivity index (χ1v) is 13.5. The summed E-state index contributed by atoms with van der Waals surface area (Å²) in [7, 11) is 6.57. The topological polar surface area (TPSA) is 148 Å². The summed E-state index contributed by atoms with van der Waals surface area (Å²) in [5.41, 5.74) is 0.208. The summed E-state index contributed by atoms with van der Waals surface area (Å²) in [5.74, 6) is -0.248. The molecule has 2 aromatic carbocycles. The predicted octanol–water partition coefficient (Wildman–Crippen LogP) is 2.31. The molecule has 40 heavy (non-hydrogen) atoms. The van der Waals surface area contributed by atoms with Crippen LogP contribution >= 0.6 is 7.82 Å². The molecule has 0 aliphatic rings. The van der Waals surface area contributed by atoms with Gasteiger partial charge in [0.2, 0.25) is 0 Å². The molecule has 0 saturated heterocycles. The summed E-state index contributed by atoms with van der Waals surface area (Å²) in [6.07, 6.45) is -1.31. The summed E-state index contributed by atoms with van der Waals surface area (Å²) >= 11 is 0. The number of phosphoric acid groups is 1. The molecule has 0 aromatic heterocycles. The first-order chi connectivity index (χ1) is 18.8. The van der Waals surface area contributed by atoms with Crippen LogP contribution in [0.5, 0.6) is 23.0 Å². The zero-order valence-electron chi connectivity index (χ0n) is 23.7. The van der Waals surface area contributed by atoms with Crippen LogP contribution in [0.25, 0.3) is 0 Å². The molecule has 14 heteroatoms. The summed E-state index contributed by atoms with van der Waals surface area (Å²) in [6.45, 7) is -0.903. The minimum absolute atomic E-state index is 0.0818. The molecule has 0 N–H and O–H groups in total. The maximum absolute atomic E-state index is 12.9. The second-order valence-corrected chi connectivity index (χ2v) is 10.8. The van der Waals surface area contributed by atoms with E-state index in [2.05, 4.69) is 0 Å². The van der Waals surface area contributed by atoms with Gasteiger partial charge in [0, 0.05) is 0 Å². The second-order valence-electron chi connectivity index (χ2n) is 9.36. The number of nitrogens with zero attached hydrogens (tertiary/aromatic N) is 1. The van der Waals surface area contributed by atoms with Gasteiger partial charge in [-0.2, -0.15) is 0 Å². The van der Waals surface area contributed by atoms with Crippen LogP contribution in [0, 0.1) is 0 Å². The molecular formula is C26H36NO12P. The number of quaternary nitrogens is 1. The fourth-order valence-electron chi connectivity index (χ4n) is 3.15. The van der Waals surface area contributed by atoms with Crippen LogP contribution in [0.3, 0.4) is 0 Å². The Bertz CT molecular complexity index is 1200. The van der Waals surface area contributed by atoms with E-state index in [0.29, 0.717) is 28.3 Å². The third-order valence-electron chi connectivity index (χ3n) is 5.34. The number of hydrogen-bond donors (Lipinski definition) is 0. The molecule has 0 radical (unpaired) electrons. The molecule has 2 aromatic rings. The highest BCUT2D eigenvalue weighted by atomic mass is 31.2. The lowest BCUT2D eigenvalue weighted by Crippen LogP contribution is -2.37. The average molecular weight is 586 g/mol. The summed E-state index contributed by atoms with van der Waals surface area (Å²) in [6, 6.07) is 8.72. The van der Waals surface area contributed by atoms with Crippen molar-refractivity contribution in [2.75, 3.05) is 75.9 Å². The van der Waals surface area contributed by atoms with Gasteiger partial charge in [-0.1, -0.05) is 0 Å². The quantitative estimate of drug-likeness (QED) is 0.162. The van der Waals surface area contributed by atoms with Crippen LogP contribution in [0.2, 0.25) is 0 Å². The monoisotopic (exact) mass is 585 g/mol. The molecule has 2 rings (SSSR count). The Hall–Kier alpha value is -3.35. The van der Waals surface area contributed by atoms with Crippen LogP contribution < -0.4 is 23.8 Å². The van der Waals surface area contributed by atoms with Crippen LogP contribution in [0.15, 0.2) is 36.4 Å². The maximum atomic E-state index is 12.9. The average Bonchev–Trinajstić information content (AvgIpc) is 2.92. The number of ether oxygens (including phenoxy) is 6. The Morgan fingerprint density at radius 2 is 1.27 bits per heavy atom. The van der Waals surface area contributed by atoms with Crippen molar-refractivity contribution >= 4 is 19.8 Å². The van der Waals surface area contributed by atoms with Gasteiger partial charge in [0.15, 0.2) is 29.1 Å². The van der Waals surface area contributed by atoms with Crippen LogP contribution in [-0.4, -0.2) is 98.5 Å². The number of hydrogen-bond acceptors (Lipinski definition) is 12. The van der Waals surface area contributed by atoms with Crippen molar-refractivity contribution in [3.05, 3.63) is 47.5 Å². The molecule has 0 saturated carbocycles. The first kappa shape index (κ1) is 32.9. The molecule has 0 aliphatic carbocycles. The van der Waals surface area contributed by atoms with E-state index in [4.69, 9.17) is 37.5 Å². The summed E-state index contributed by atoms with van der Waals surface area (Å²) < 4.78 is 54.1. The molecule has 1 unspecified atom stereocenters. The minimum Gasteiger partial charge on any atom is -0.756 e. The van der Waals surface area contributed by atoms with Gasteiger partial charge in [0.1, 0.15) is 19.8 Å². The van der Waals surface area contributed by atoms with Gasteiger partial charge < -0.3 is 46.8 Å². The Labute approximate surface area is 233 Å². The smallest absolute Gasteiger partial charge is 0.338 e. The van der Waals surface area contributed by atoms with E-state index in [1.54, 1.807) is 0 Å². The molecule has 0 aliphatic heterocycles. The zero-order valence-corrected chi connectivity index (χ0v) is 24.6. The number of carbonyl (C=O) groups excluding carboxylic acids is 2. The van der Waals surface area contributed by atoms with Gasteiger partial charge in [-0.3, -0.25) is 4.57 Å². The molecule has 13 nitrogen and oxygen atoms in total. The lowest BCUT2D eigenvalue weighted by atomic mass is 10.2. The highest BCUT2D eigenvalue weighted by Crippen LogP contribution is 2.38. The van der Waals surface area contributed by atoms with Crippen molar-refractivity contribution in [1.29, 1.82) is 0 Å². The third-order valence-corrected chi connectivity index (χ3v) is 6.31. The number of esters is 2. The number of phosphoric ester groups is 1. The molecule has 0 bridgehead atoms. The van der Waals surface area contributed by atoms with Crippen LogP contribution in [0.4, 0.5) is 0 Å². The van der Waals surface area contributed by atoms with Gasteiger partial charge in [-0.15, -0.1) is 0 Å². The molecule has 2 atom stereocenters. The summed E-state index contributed by atoms with van der Waals surface area (Å²) in [4.78, 5) is 37.9. The van der Waals surface area contributed by atoms with E-state index in [0.717, 1.165) is 0 Å². The largest absolute Gasteiger partial charge is 0.756 e. The van der Waals surface area contributed by atoms with Gasteiger partial charge in [0.05, 0.1) is 67.3 Å². The highest BCUT2D eigenvalue weighted by molar-refractivity contribution is 7.45. The fraction of sp³-hybridized carbons (Fsp3) is 0.462. The Morgan fingerprint density at radius 3 is 1.75 bits per heavy atom. The molecule has 0 heterocycles. The SMILES string of the molecule is COc1ccc(C(=O)OC[C@H](COP(=O)([O-])OCC[N+](C)(C)C)OC(=O)c2ccc(OC)c(OC)c2)cc1OC. The van der Waals surface area contributed by atoms with Gasteiger partial charge in [-0.05, 0) is 36.4 Å². The van der Waals surface area contributed by atoms with E-state index in [1.165, 1.54) is 64.8 Å². The van der Waals surface area contributed by atoms with Crippen molar-refractivity contribution in [3.63, 3.8) is 0 Å². The number of methoxy groups -OCH3 is 4. The predicted molar refractivity (Wildman–Crippen MR) is 141 cm³/mol. The van der Waals surface area contributed by atoms with Gasteiger partial charge >= 0.3 is 11.9 Å². The zero-order chi connectivity index (χ0) is 29.9. The standard InChI is InChI=1S/C26H36NO12P/c1-27(2,3)12-13-37-40(30,31)38-17-20(39-26(29)19-9-11-22(33-5)24(15-19)35-7)16-36-25(28)18-8-10-21(32-4)23(14-18)34-6/h8-11,14-15,20H,12-13,16-17H2,1-7H3/t20-/m1/s1. The molecular weight excluding hydrogens is 549 g/mol. The fourth-order valence-corrected chi connectivity index (χ4v) is 3.88. The first-order valence-electron chi connectivity index (χ1n) is 12.0. The van der Waals surface area contributed by atoms with E-state index in [9.17, 15) is 19.0 Å². The normalized spacial score (nSPS) is 13.5. The lowest BCUT2D eigenvalue weighted by molar-refractivity contribution is -0.870. The van der Waals surface area contributed by atoms with E-state index in [-0.39, 0.29) is 23.5 Å². The molecule has 0 fully saturated rings. The van der Waals surface area contributed by atoms with Crippen molar-refractivity contribution in [2.45, 2.75) is 6.10 Å². The number of benzene rings is 2. The molecule has 222 valence electrons. The van der Waals surface area contributed by atoms with Crippen molar-refractivity contribution in [1.82, 2.24) is 0 Å². The third kappa shape index (κ3) is 10.3. The Balaban J connectivity index is 2.16. The maximum Gasteiger partial charge on any atom is 0.338 e. The van der Waals surface area contributed by atoms with E-state index in [1.807, 2.05) is 21.1 Å². The lowest BCUT2D eigenvalue weighted by Gasteiger charge is -2.28. The summed E-state index contributed by atoms with van der Waals surface area (Å²) in [5, 5.41) is 0. The van der Waals surface area contributed by atoms with Gasteiger partial charge in [-0.25, -0.2) is 9.59 Å². The van der Waals surface area contributed by atoms with Crippen molar-refractivity contribution in [2.24, 2.45) is 0 Å². The van der Waals surface area contributed by atoms with Crippen molar-refractivity contribution < 1.29 is 61.0 Å². The Kier molecular flexibility index (Phi) is 12.2. The second kappa shape index (κ2) is 14.9. The van der Waals surface area contributed by atoms with Gasteiger partial charge in [0.25, 0.3) is 7.82 Å². The van der Waals surface area contributed by atoms with Crippen molar-refractivity contribution in [3.8, 4) is 23.0 Å². The van der Waals surface area contributed by atoms with Crippen LogP contribution in [-0.2, 0) is 23.1 Å². The highest BCUT2D eigenvalue weighted by Gasteiger charge is 2.24. The number of carbonyl (C=O) groups is 2. The number of likely N-dealkylation sites (N-methyl/N-ethyl adjacent to an activating group) is 1. The molecule has 0 spiro atoms. The Morgan fingerprint density at radius 1 is 0.775 bits per heavy atom. The molecule has 0 amide bonds. The number of rotatable bonds is 16. The van der Waals surface area contributed by atoms with Crippen LogP contribution in [0.1, 0.15) is 20.7 Å². The van der Waals surface area contributed by atoms with E-state index < -0.39 is 39.1 Å². The minimum atomic E-state index is -4.76. The van der Waals surface area contributed by atoms with E-state index >= 15 is 0 Å².